The van der Waals surface area contributed by atoms with E-state index in [4.69, 9.17) is 10.00 Å². The van der Waals surface area contributed by atoms with E-state index in [0.29, 0.717) is 25.1 Å². The SMILES string of the molecule is CCOC(=O)Cc1ccc(CNC(C)C(=O)c2ccc3[nH]cc(CC#N)c3c2)cc1. The van der Waals surface area contributed by atoms with Crippen molar-refractivity contribution in [2.24, 2.45) is 0 Å². The molecule has 0 amide bonds. The summed E-state index contributed by atoms with van der Waals surface area (Å²) >= 11 is 0. The number of ketones is 1. The van der Waals surface area contributed by atoms with Gasteiger partial charge in [-0.05, 0) is 48.7 Å². The van der Waals surface area contributed by atoms with Crippen LogP contribution in [0, 0.1) is 11.3 Å². The molecule has 0 saturated carbocycles. The molecular weight excluding hydrogens is 378 g/mol. The number of fused-ring (bicyclic) bond motifs is 1. The Kier molecular flexibility index (Phi) is 6.99. The number of hydrogen-bond donors (Lipinski definition) is 2. The predicted molar refractivity (Wildman–Crippen MR) is 115 cm³/mol. The zero-order valence-electron chi connectivity index (χ0n) is 17.2. The largest absolute Gasteiger partial charge is 0.466 e. The molecule has 0 aliphatic heterocycles. The summed E-state index contributed by atoms with van der Waals surface area (Å²) < 4.78 is 4.96. The smallest absolute Gasteiger partial charge is 0.310 e. The summed E-state index contributed by atoms with van der Waals surface area (Å²) in [5, 5.41) is 13.1. The fraction of sp³-hybridized carbons (Fsp3) is 0.292. The lowest BCUT2D eigenvalue weighted by Crippen LogP contribution is -2.33. The van der Waals surface area contributed by atoms with Crippen molar-refractivity contribution in [2.75, 3.05) is 6.61 Å². The van der Waals surface area contributed by atoms with Crippen LogP contribution in [-0.2, 0) is 28.9 Å². The van der Waals surface area contributed by atoms with Gasteiger partial charge in [0.1, 0.15) is 0 Å². The second-order valence-electron chi connectivity index (χ2n) is 7.17. The maximum Gasteiger partial charge on any atom is 0.310 e. The van der Waals surface area contributed by atoms with Crippen molar-refractivity contribution < 1.29 is 14.3 Å². The highest BCUT2D eigenvalue weighted by atomic mass is 16.5. The number of nitrogens with zero attached hydrogens (tertiary/aromatic N) is 1. The lowest BCUT2D eigenvalue weighted by molar-refractivity contribution is -0.142. The number of rotatable bonds is 9. The summed E-state index contributed by atoms with van der Waals surface area (Å²) in [6, 6.07) is 15.0. The first-order valence-corrected chi connectivity index (χ1v) is 9.99. The Labute approximate surface area is 175 Å². The molecule has 2 N–H and O–H groups in total. The van der Waals surface area contributed by atoms with Crippen LogP contribution in [-0.4, -0.2) is 29.4 Å². The van der Waals surface area contributed by atoms with E-state index in [1.807, 2.05) is 49.5 Å². The lowest BCUT2D eigenvalue weighted by Gasteiger charge is -2.13. The zero-order valence-corrected chi connectivity index (χ0v) is 17.2. The third-order valence-electron chi connectivity index (χ3n) is 5.00. The molecule has 1 aromatic heterocycles. The van der Waals surface area contributed by atoms with Crippen LogP contribution in [0.2, 0.25) is 0 Å². The van der Waals surface area contributed by atoms with Crippen molar-refractivity contribution in [1.82, 2.24) is 10.3 Å². The molecule has 0 fully saturated rings. The molecule has 0 aliphatic carbocycles. The van der Waals surface area contributed by atoms with Gasteiger partial charge in [0.15, 0.2) is 5.78 Å². The summed E-state index contributed by atoms with van der Waals surface area (Å²) in [5.41, 5.74) is 4.35. The average molecular weight is 403 g/mol. The topological polar surface area (TPSA) is 95.0 Å². The van der Waals surface area contributed by atoms with E-state index in [-0.39, 0.29) is 24.2 Å². The van der Waals surface area contributed by atoms with Gasteiger partial charge in [0, 0.05) is 29.2 Å². The monoisotopic (exact) mass is 403 g/mol. The van der Waals surface area contributed by atoms with Gasteiger partial charge in [-0.15, -0.1) is 0 Å². The van der Waals surface area contributed by atoms with E-state index in [9.17, 15) is 9.59 Å². The van der Waals surface area contributed by atoms with Gasteiger partial charge in [0.25, 0.3) is 0 Å². The third-order valence-corrected chi connectivity index (χ3v) is 5.00. The van der Waals surface area contributed by atoms with Crippen LogP contribution < -0.4 is 5.32 Å². The number of H-pyrrole nitrogens is 1. The number of carbonyl (C=O) groups is 2. The van der Waals surface area contributed by atoms with Crippen LogP contribution >= 0.6 is 0 Å². The Balaban J connectivity index is 1.60. The normalized spacial score (nSPS) is 11.8. The fourth-order valence-corrected chi connectivity index (χ4v) is 3.33. The van der Waals surface area contributed by atoms with Gasteiger partial charge in [0.05, 0.1) is 31.6 Å². The second kappa shape index (κ2) is 9.86. The summed E-state index contributed by atoms with van der Waals surface area (Å²) in [7, 11) is 0. The van der Waals surface area contributed by atoms with Gasteiger partial charge in [-0.3, -0.25) is 9.59 Å². The number of nitrogens with one attached hydrogen (secondary N) is 2. The highest BCUT2D eigenvalue weighted by Gasteiger charge is 2.16. The third kappa shape index (κ3) is 5.13. The van der Waals surface area contributed by atoms with E-state index in [2.05, 4.69) is 16.4 Å². The molecule has 1 atom stereocenters. The molecule has 2 aromatic carbocycles. The summed E-state index contributed by atoms with van der Waals surface area (Å²) in [5.74, 6) is -0.236. The minimum atomic E-state index is -0.361. The molecule has 0 aliphatic rings. The van der Waals surface area contributed by atoms with E-state index in [0.717, 1.165) is 27.6 Å². The average Bonchev–Trinajstić information content (AvgIpc) is 3.15. The first-order valence-electron chi connectivity index (χ1n) is 9.99. The minimum absolute atomic E-state index is 0.0000566. The predicted octanol–water partition coefficient (Wildman–Crippen LogP) is 3.70. The number of carbonyl (C=O) groups excluding carboxylic acids is 2. The molecule has 6 nitrogen and oxygen atoms in total. The Hall–Kier alpha value is -3.43. The minimum Gasteiger partial charge on any atom is -0.466 e. The first-order chi connectivity index (χ1) is 14.5. The van der Waals surface area contributed by atoms with Crippen LogP contribution in [0.1, 0.15) is 40.9 Å². The summed E-state index contributed by atoms with van der Waals surface area (Å²) in [4.78, 5) is 27.5. The molecule has 154 valence electrons. The van der Waals surface area contributed by atoms with Gasteiger partial charge in [-0.25, -0.2) is 0 Å². The van der Waals surface area contributed by atoms with Crippen LogP contribution in [0.15, 0.2) is 48.7 Å². The molecule has 6 heteroatoms. The van der Waals surface area contributed by atoms with E-state index in [1.165, 1.54) is 0 Å². The molecule has 1 heterocycles. The summed E-state index contributed by atoms with van der Waals surface area (Å²) in [6.45, 7) is 4.55. The van der Waals surface area contributed by atoms with Crippen LogP contribution in [0.4, 0.5) is 0 Å². The Bertz CT molecular complexity index is 1080. The maximum absolute atomic E-state index is 12.8. The molecule has 30 heavy (non-hydrogen) atoms. The highest BCUT2D eigenvalue weighted by molar-refractivity contribution is 6.03. The Morgan fingerprint density at radius 3 is 2.60 bits per heavy atom. The van der Waals surface area contributed by atoms with Crippen LogP contribution in [0.3, 0.4) is 0 Å². The number of aromatic amines is 1. The highest BCUT2D eigenvalue weighted by Crippen LogP contribution is 2.21. The Morgan fingerprint density at radius 2 is 1.90 bits per heavy atom. The molecular formula is C24H25N3O3. The van der Waals surface area contributed by atoms with Gasteiger partial charge >= 0.3 is 5.97 Å². The molecule has 0 saturated heterocycles. The van der Waals surface area contributed by atoms with E-state index in [1.54, 1.807) is 13.0 Å². The zero-order chi connectivity index (χ0) is 21.5. The molecule has 3 rings (SSSR count). The standard InChI is InChI=1S/C24H25N3O3/c1-3-30-23(28)12-17-4-6-18(7-5-17)14-26-16(2)24(29)19-8-9-22-21(13-19)20(10-11-25)15-27-22/h4-9,13,15-16,26-27H,3,10,12,14H2,1-2H3. The van der Waals surface area contributed by atoms with Crippen LogP contribution in [0.5, 0.6) is 0 Å². The number of nitriles is 1. The first kappa shape index (κ1) is 21.3. The second-order valence-corrected chi connectivity index (χ2v) is 7.17. The number of benzene rings is 2. The van der Waals surface area contributed by atoms with Crippen molar-refractivity contribution in [3.05, 3.63) is 70.9 Å². The van der Waals surface area contributed by atoms with E-state index < -0.39 is 0 Å². The fourth-order valence-electron chi connectivity index (χ4n) is 3.33. The van der Waals surface area contributed by atoms with Gasteiger partial charge in [-0.1, -0.05) is 24.3 Å². The van der Waals surface area contributed by atoms with Crippen molar-refractivity contribution in [1.29, 1.82) is 5.26 Å². The quantitative estimate of drug-likeness (QED) is 0.420. The molecule has 0 bridgehead atoms. The lowest BCUT2D eigenvalue weighted by atomic mass is 10.0. The molecule has 0 radical (unpaired) electrons. The maximum atomic E-state index is 12.8. The number of ether oxygens (including phenoxy) is 1. The van der Waals surface area contributed by atoms with Gasteiger partial charge in [0.2, 0.25) is 0 Å². The molecule has 0 spiro atoms. The van der Waals surface area contributed by atoms with E-state index >= 15 is 0 Å². The Morgan fingerprint density at radius 1 is 1.17 bits per heavy atom. The van der Waals surface area contributed by atoms with Crippen molar-refractivity contribution in [3.63, 3.8) is 0 Å². The van der Waals surface area contributed by atoms with Crippen molar-refractivity contribution in [3.8, 4) is 6.07 Å². The van der Waals surface area contributed by atoms with Gasteiger partial charge in [-0.2, -0.15) is 5.26 Å². The van der Waals surface area contributed by atoms with Crippen molar-refractivity contribution >= 4 is 22.7 Å². The summed E-state index contributed by atoms with van der Waals surface area (Å²) in [6.07, 6.45) is 2.37. The number of esters is 1. The molecule has 3 aromatic rings. The number of aromatic nitrogens is 1. The molecule has 1 unspecified atom stereocenters. The van der Waals surface area contributed by atoms with Crippen molar-refractivity contribution in [2.45, 2.75) is 39.3 Å². The number of Topliss-reactive ketones (excluding diaryl/α,β-unsaturated/α-hetero) is 1. The van der Waals surface area contributed by atoms with Crippen LogP contribution in [0.25, 0.3) is 10.9 Å². The van der Waals surface area contributed by atoms with Gasteiger partial charge < -0.3 is 15.0 Å². The number of hydrogen-bond acceptors (Lipinski definition) is 5.